The van der Waals surface area contributed by atoms with Crippen LogP contribution >= 0.6 is 11.3 Å². The highest BCUT2D eigenvalue weighted by Crippen LogP contribution is 2.33. The average Bonchev–Trinajstić information content (AvgIpc) is 2.66. The van der Waals surface area contributed by atoms with Crippen LogP contribution in [0, 0.1) is 12.1 Å². The van der Waals surface area contributed by atoms with Crippen molar-refractivity contribution in [3.8, 4) is 11.4 Å². The maximum atomic E-state index is 13.5. The van der Waals surface area contributed by atoms with Gasteiger partial charge < -0.3 is 5.73 Å². The van der Waals surface area contributed by atoms with E-state index in [0.29, 0.717) is 21.7 Å². The maximum absolute atomic E-state index is 13.5. The Morgan fingerprint density at radius 3 is 2.61 bits per heavy atom. The lowest BCUT2D eigenvalue weighted by Crippen LogP contribution is -1.94. The molecule has 0 radical (unpaired) electrons. The summed E-state index contributed by atoms with van der Waals surface area (Å²) in [7, 11) is 0. The first-order valence-electron chi connectivity index (χ1n) is 5.44. The molecule has 5 heteroatoms. The van der Waals surface area contributed by atoms with Gasteiger partial charge in [-0.25, -0.2) is 9.97 Å². The van der Waals surface area contributed by atoms with E-state index < -0.39 is 5.13 Å². The minimum absolute atomic E-state index is 0.145. The summed E-state index contributed by atoms with van der Waals surface area (Å²) in [5, 5.41) is 0.227. The summed E-state index contributed by atoms with van der Waals surface area (Å²) >= 11 is 0.959. The molecule has 0 aliphatic heterocycles. The van der Waals surface area contributed by atoms with Crippen molar-refractivity contribution < 1.29 is 4.39 Å². The molecule has 0 saturated carbocycles. The first-order chi connectivity index (χ1) is 8.66. The van der Waals surface area contributed by atoms with Gasteiger partial charge in [-0.15, -0.1) is 0 Å². The molecule has 0 fully saturated rings. The summed E-state index contributed by atoms with van der Waals surface area (Å²) in [4.78, 5) is 9.36. The number of rotatable bonds is 1. The van der Waals surface area contributed by atoms with Crippen LogP contribution in [0.4, 0.5) is 10.1 Å². The number of anilines is 1. The van der Waals surface area contributed by atoms with Crippen molar-refractivity contribution in [1.82, 2.24) is 9.97 Å². The van der Waals surface area contributed by atoms with E-state index in [0.717, 1.165) is 16.9 Å². The zero-order chi connectivity index (χ0) is 12.7. The van der Waals surface area contributed by atoms with E-state index in [4.69, 9.17) is 5.73 Å². The molecule has 0 amide bonds. The predicted octanol–water partition coefficient (Wildman–Crippen LogP) is 3.39. The quantitative estimate of drug-likeness (QED) is 0.728. The van der Waals surface area contributed by atoms with Crippen LogP contribution in [0.1, 0.15) is 5.69 Å². The molecule has 1 aromatic carbocycles. The predicted molar refractivity (Wildman–Crippen MR) is 72.0 cm³/mol. The summed E-state index contributed by atoms with van der Waals surface area (Å²) in [6.45, 7) is 1.82. The Kier molecular flexibility index (Phi) is 2.48. The molecule has 2 N–H and O–H groups in total. The second kappa shape index (κ2) is 4.03. The van der Waals surface area contributed by atoms with E-state index in [9.17, 15) is 4.39 Å². The summed E-state index contributed by atoms with van der Waals surface area (Å²) in [6, 6.07) is 9.61. The summed E-state index contributed by atoms with van der Waals surface area (Å²) in [6.07, 6.45) is 0. The summed E-state index contributed by atoms with van der Waals surface area (Å²) in [5.41, 5.74) is 7.45. The average molecular weight is 259 g/mol. The molecule has 0 aliphatic rings. The second-order valence-corrected chi connectivity index (χ2v) is 4.92. The maximum Gasteiger partial charge on any atom is 0.202 e. The van der Waals surface area contributed by atoms with Crippen LogP contribution in [-0.4, -0.2) is 9.97 Å². The van der Waals surface area contributed by atoms with Gasteiger partial charge in [-0.2, -0.15) is 4.39 Å². The standard InChI is InChI=1S/C13H10FN3S/c1-7-9-10(15)11(14)18-13(9)17-12(16-7)8-5-3-2-4-6-8/h2-6H,15H2,1H3. The number of hydrogen-bond acceptors (Lipinski definition) is 4. The molecule has 0 aliphatic carbocycles. The monoisotopic (exact) mass is 259 g/mol. The number of fused-ring (bicyclic) bond motifs is 1. The fourth-order valence-electron chi connectivity index (χ4n) is 1.89. The molecular formula is C13H10FN3S. The highest BCUT2D eigenvalue weighted by Gasteiger charge is 2.15. The zero-order valence-corrected chi connectivity index (χ0v) is 10.5. The molecule has 0 saturated heterocycles. The molecule has 3 nitrogen and oxygen atoms in total. The first-order valence-corrected chi connectivity index (χ1v) is 6.26. The number of hydrogen-bond donors (Lipinski definition) is 1. The van der Waals surface area contributed by atoms with Gasteiger partial charge in [0.05, 0.1) is 16.8 Å². The van der Waals surface area contributed by atoms with Crippen LogP contribution in [0.2, 0.25) is 0 Å². The number of nitrogens with two attached hydrogens (primary N) is 1. The highest BCUT2D eigenvalue weighted by atomic mass is 32.1. The van der Waals surface area contributed by atoms with Crippen molar-refractivity contribution >= 4 is 27.2 Å². The fourth-order valence-corrected chi connectivity index (χ4v) is 2.76. The molecule has 90 valence electrons. The van der Waals surface area contributed by atoms with E-state index in [1.165, 1.54) is 0 Å². The number of halogens is 1. The first kappa shape index (κ1) is 11.1. The molecule has 2 heterocycles. The van der Waals surface area contributed by atoms with Crippen LogP contribution in [0.25, 0.3) is 21.6 Å². The van der Waals surface area contributed by atoms with E-state index >= 15 is 0 Å². The molecule has 18 heavy (non-hydrogen) atoms. The van der Waals surface area contributed by atoms with Gasteiger partial charge in [0.25, 0.3) is 0 Å². The van der Waals surface area contributed by atoms with Crippen molar-refractivity contribution in [2.24, 2.45) is 0 Å². The second-order valence-electron chi connectivity index (χ2n) is 3.97. The Labute approximate surface area is 107 Å². The Bertz CT molecular complexity index is 722. The Morgan fingerprint density at radius 1 is 1.17 bits per heavy atom. The normalized spacial score (nSPS) is 11.0. The molecule has 0 spiro atoms. The van der Waals surface area contributed by atoms with Gasteiger partial charge in [-0.3, -0.25) is 0 Å². The SMILES string of the molecule is Cc1nc(-c2ccccc2)nc2sc(F)c(N)c12. The molecule has 3 aromatic rings. The summed E-state index contributed by atoms with van der Waals surface area (Å²) < 4.78 is 13.5. The molecule has 0 unspecified atom stereocenters. The lowest BCUT2D eigenvalue weighted by atomic mass is 10.2. The molecule has 2 aromatic heterocycles. The zero-order valence-electron chi connectivity index (χ0n) is 9.64. The van der Waals surface area contributed by atoms with Crippen molar-refractivity contribution in [1.29, 1.82) is 0 Å². The highest BCUT2D eigenvalue weighted by molar-refractivity contribution is 7.17. The van der Waals surface area contributed by atoms with E-state index in [1.54, 1.807) is 0 Å². The van der Waals surface area contributed by atoms with Gasteiger partial charge in [0.1, 0.15) is 4.83 Å². The van der Waals surface area contributed by atoms with Crippen LogP contribution < -0.4 is 5.73 Å². The number of aryl methyl sites for hydroxylation is 1. The molecular weight excluding hydrogens is 249 g/mol. The lowest BCUT2D eigenvalue weighted by Gasteiger charge is -2.02. The van der Waals surface area contributed by atoms with Gasteiger partial charge in [-0.05, 0) is 6.92 Å². The third-order valence-electron chi connectivity index (χ3n) is 2.76. The van der Waals surface area contributed by atoms with Crippen LogP contribution in [0.5, 0.6) is 0 Å². The number of nitrogen functional groups attached to an aromatic ring is 1. The number of aromatic nitrogens is 2. The van der Waals surface area contributed by atoms with Gasteiger partial charge in [0, 0.05) is 5.56 Å². The molecule has 0 atom stereocenters. The third kappa shape index (κ3) is 1.64. The number of thiophene rings is 1. The van der Waals surface area contributed by atoms with Gasteiger partial charge >= 0.3 is 0 Å². The van der Waals surface area contributed by atoms with E-state index in [-0.39, 0.29) is 5.69 Å². The van der Waals surface area contributed by atoms with Crippen LogP contribution in [0.3, 0.4) is 0 Å². The smallest absolute Gasteiger partial charge is 0.202 e. The minimum Gasteiger partial charge on any atom is -0.395 e. The molecule has 3 rings (SSSR count). The Balaban J connectivity index is 2.28. The Hall–Kier alpha value is -2.01. The van der Waals surface area contributed by atoms with E-state index in [1.807, 2.05) is 37.3 Å². The third-order valence-corrected chi connectivity index (χ3v) is 3.64. The fraction of sp³-hybridized carbons (Fsp3) is 0.0769. The van der Waals surface area contributed by atoms with Crippen LogP contribution in [-0.2, 0) is 0 Å². The van der Waals surface area contributed by atoms with Gasteiger partial charge in [-0.1, -0.05) is 41.7 Å². The largest absolute Gasteiger partial charge is 0.395 e. The van der Waals surface area contributed by atoms with E-state index in [2.05, 4.69) is 9.97 Å². The summed E-state index contributed by atoms with van der Waals surface area (Å²) in [5.74, 6) is 0.599. The Morgan fingerprint density at radius 2 is 1.89 bits per heavy atom. The van der Waals surface area contributed by atoms with Crippen molar-refractivity contribution in [3.05, 3.63) is 41.2 Å². The topological polar surface area (TPSA) is 51.8 Å². The van der Waals surface area contributed by atoms with Crippen molar-refractivity contribution in [3.63, 3.8) is 0 Å². The van der Waals surface area contributed by atoms with Gasteiger partial charge in [0.15, 0.2) is 5.82 Å². The minimum atomic E-state index is -0.396. The lowest BCUT2D eigenvalue weighted by molar-refractivity contribution is 0.662. The number of nitrogens with zero attached hydrogens (tertiary/aromatic N) is 2. The van der Waals surface area contributed by atoms with Crippen molar-refractivity contribution in [2.45, 2.75) is 6.92 Å². The number of benzene rings is 1. The molecule has 0 bridgehead atoms. The van der Waals surface area contributed by atoms with Crippen LogP contribution in [0.15, 0.2) is 30.3 Å². The van der Waals surface area contributed by atoms with Crippen molar-refractivity contribution in [2.75, 3.05) is 5.73 Å². The van der Waals surface area contributed by atoms with Gasteiger partial charge in [0.2, 0.25) is 5.13 Å².